The number of hydrogen-bond acceptors (Lipinski definition) is 3. The van der Waals surface area contributed by atoms with Crippen molar-refractivity contribution in [3.8, 4) is 22.3 Å². The number of nitrogens with zero attached hydrogens (tertiary/aromatic N) is 3. The minimum atomic E-state index is -0.0223. The molecule has 5 heteroatoms. The first kappa shape index (κ1) is 39.2. The van der Waals surface area contributed by atoms with Gasteiger partial charge in [0.05, 0.1) is 22.8 Å². The van der Waals surface area contributed by atoms with E-state index in [2.05, 4.69) is 203 Å². The third-order valence-electron chi connectivity index (χ3n) is 11.1. The molecule has 5 aromatic rings. The summed E-state index contributed by atoms with van der Waals surface area (Å²) in [5, 5.41) is 0. The average Bonchev–Trinajstić information content (AvgIpc) is 3.92. The minimum absolute atomic E-state index is 0.0223. The van der Waals surface area contributed by atoms with Crippen molar-refractivity contribution in [1.29, 1.82) is 0 Å². The highest BCUT2D eigenvalue weighted by atomic mass is 15.1. The highest BCUT2D eigenvalue weighted by Gasteiger charge is 2.25. The molecular weight excluding hydrogens is 683 g/mol. The van der Waals surface area contributed by atoms with Crippen LogP contribution in [0.25, 0.3) is 68.6 Å². The molecule has 0 fully saturated rings. The zero-order valence-corrected chi connectivity index (χ0v) is 36.2. The van der Waals surface area contributed by atoms with E-state index >= 15 is 0 Å². The van der Waals surface area contributed by atoms with E-state index in [1.165, 1.54) is 22.3 Å². The maximum absolute atomic E-state index is 5.46. The number of aromatic nitrogens is 4. The van der Waals surface area contributed by atoms with E-state index in [1.54, 1.807) is 0 Å². The lowest BCUT2D eigenvalue weighted by molar-refractivity contribution is 0.401. The van der Waals surface area contributed by atoms with Crippen LogP contribution in [0.2, 0.25) is 0 Å². The van der Waals surface area contributed by atoms with Crippen LogP contribution in [-0.2, 0) is 28.2 Å². The lowest BCUT2D eigenvalue weighted by Crippen LogP contribution is -2.16. The van der Waals surface area contributed by atoms with Crippen molar-refractivity contribution in [2.45, 2.75) is 111 Å². The summed E-state index contributed by atoms with van der Waals surface area (Å²) in [7, 11) is 4.23. The van der Waals surface area contributed by atoms with Crippen LogP contribution in [-0.4, -0.2) is 38.9 Å². The van der Waals surface area contributed by atoms with Gasteiger partial charge in [-0.25, -0.2) is 9.97 Å². The molecule has 0 amide bonds. The SMILES string of the molecule is CN(C)Cc1c2nc(c(-c3cc(C(C)(C)C)cc(C(C)(C)C)c3)c3ccc(cc4ccc([nH]4)c(-c4cc(C(C)(C)C)cc(C(C)(C)C)c4)c4nc1C=C4)[nH]3)C=C2. The van der Waals surface area contributed by atoms with E-state index in [4.69, 9.17) is 9.97 Å². The molecule has 5 nitrogen and oxygen atoms in total. The lowest BCUT2D eigenvalue weighted by Gasteiger charge is -2.26. The van der Waals surface area contributed by atoms with Gasteiger partial charge in [0.15, 0.2) is 0 Å². The first-order valence-electron chi connectivity index (χ1n) is 20.1. The van der Waals surface area contributed by atoms with Gasteiger partial charge in [0, 0.05) is 45.3 Å². The van der Waals surface area contributed by atoms with Gasteiger partial charge in [0.25, 0.3) is 0 Å². The summed E-state index contributed by atoms with van der Waals surface area (Å²) >= 11 is 0. The van der Waals surface area contributed by atoms with Crippen LogP contribution in [0.15, 0.2) is 66.7 Å². The van der Waals surface area contributed by atoms with E-state index in [0.717, 1.165) is 72.7 Å². The van der Waals surface area contributed by atoms with E-state index in [0.29, 0.717) is 6.54 Å². The van der Waals surface area contributed by atoms with Gasteiger partial charge >= 0.3 is 0 Å². The van der Waals surface area contributed by atoms with E-state index in [-0.39, 0.29) is 21.7 Å². The summed E-state index contributed by atoms with van der Waals surface area (Å²) in [5.74, 6) is 0. The predicted octanol–water partition coefficient (Wildman–Crippen LogP) is 13.2. The number of nitrogens with one attached hydrogen (secondary N) is 2. The van der Waals surface area contributed by atoms with Gasteiger partial charge in [-0.3, -0.25) is 0 Å². The van der Waals surface area contributed by atoms with Gasteiger partial charge in [-0.15, -0.1) is 0 Å². The Morgan fingerprint density at radius 3 is 1.11 bits per heavy atom. The van der Waals surface area contributed by atoms with Crippen LogP contribution in [0.1, 0.15) is 134 Å². The fourth-order valence-corrected chi connectivity index (χ4v) is 7.56. The maximum Gasteiger partial charge on any atom is 0.0737 e. The third kappa shape index (κ3) is 7.97. The Morgan fingerprint density at radius 2 is 0.786 bits per heavy atom. The Morgan fingerprint density at radius 1 is 0.446 bits per heavy atom. The van der Waals surface area contributed by atoms with Gasteiger partial charge in [-0.05, 0) is 124 Å². The Hall–Kier alpha value is -5.00. The normalized spacial score (nSPS) is 13.6. The van der Waals surface area contributed by atoms with Crippen molar-refractivity contribution >= 4 is 46.4 Å². The number of H-pyrrole nitrogens is 2. The second-order valence-electron chi connectivity index (χ2n) is 20.3. The molecule has 8 bridgehead atoms. The Labute approximate surface area is 335 Å². The Kier molecular flexibility index (Phi) is 9.73. The van der Waals surface area contributed by atoms with Gasteiger partial charge in [-0.1, -0.05) is 119 Å². The molecule has 5 heterocycles. The number of rotatable bonds is 4. The second-order valence-corrected chi connectivity index (χ2v) is 20.3. The number of hydrogen-bond donors (Lipinski definition) is 2. The first-order valence-corrected chi connectivity index (χ1v) is 20.1. The van der Waals surface area contributed by atoms with Crippen molar-refractivity contribution in [3.05, 3.63) is 117 Å². The molecule has 0 unspecified atom stereocenters. The van der Waals surface area contributed by atoms with Crippen LogP contribution in [0.4, 0.5) is 0 Å². The Balaban J connectivity index is 1.61. The van der Waals surface area contributed by atoms with Gasteiger partial charge in [-0.2, -0.15) is 0 Å². The van der Waals surface area contributed by atoms with Gasteiger partial charge < -0.3 is 14.9 Å². The topological polar surface area (TPSA) is 60.6 Å². The summed E-state index contributed by atoms with van der Waals surface area (Å²) < 4.78 is 0. The standard InChI is InChI=1S/C51H61N5/c1-48(2,3)33-23-31(24-34(27-33)49(4,5)6)46-42-17-15-37(52-42)29-38-16-18-43(53-38)47(32-25-35(50(7,8)9)28-36(26-32)51(10,11)12)45-22-20-41(55-45)39(30-56(13)14)40-19-21-44(46)54-40/h15-29,52-53H,30H2,1-14H3. The lowest BCUT2D eigenvalue weighted by atomic mass is 9.78. The smallest absolute Gasteiger partial charge is 0.0737 e. The highest BCUT2D eigenvalue weighted by molar-refractivity contribution is 5.94. The molecule has 0 saturated heterocycles. The summed E-state index contributed by atoms with van der Waals surface area (Å²) in [6.45, 7) is 28.3. The monoisotopic (exact) mass is 743 g/mol. The molecule has 0 atom stereocenters. The minimum Gasteiger partial charge on any atom is -0.355 e. The Bertz CT molecular complexity index is 2320. The molecule has 0 saturated carbocycles. The molecule has 0 aliphatic carbocycles. The quantitative estimate of drug-likeness (QED) is 0.189. The van der Waals surface area contributed by atoms with Gasteiger partial charge in [0.2, 0.25) is 0 Å². The van der Waals surface area contributed by atoms with E-state index in [9.17, 15) is 0 Å². The molecule has 0 radical (unpaired) electrons. The molecule has 2 aromatic carbocycles. The van der Waals surface area contributed by atoms with Crippen molar-refractivity contribution in [2.75, 3.05) is 14.1 Å². The molecule has 0 spiro atoms. The zero-order chi connectivity index (χ0) is 40.5. The van der Waals surface area contributed by atoms with Crippen molar-refractivity contribution in [1.82, 2.24) is 24.8 Å². The highest BCUT2D eigenvalue weighted by Crippen LogP contribution is 2.40. The van der Waals surface area contributed by atoms with Crippen LogP contribution < -0.4 is 0 Å². The van der Waals surface area contributed by atoms with Crippen LogP contribution in [0, 0.1) is 0 Å². The molecule has 7 rings (SSSR count). The van der Waals surface area contributed by atoms with E-state index in [1.807, 2.05) is 0 Å². The molecule has 2 aliphatic rings. The van der Waals surface area contributed by atoms with Crippen LogP contribution in [0.5, 0.6) is 0 Å². The largest absolute Gasteiger partial charge is 0.355 e. The van der Waals surface area contributed by atoms with Crippen molar-refractivity contribution < 1.29 is 0 Å². The average molecular weight is 744 g/mol. The van der Waals surface area contributed by atoms with Crippen LogP contribution >= 0.6 is 0 Å². The van der Waals surface area contributed by atoms with E-state index < -0.39 is 0 Å². The molecule has 2 aliphatic heterocycles. The number of benzene rings is 2. The summed E-state index contributed by atoms with van der Waals surface area (Å²) in [6, 6.07) is 25.2. The third-order valence-corrected chi connectivity index (χ3v) is 11.1. The number of aromatic amines is 2. The van der Waals surface area contributed by atoms with Crippen molar-refractivity contribution in [3.63, 3.8) is 0 Å². The zero-order valence-electron chi connectivity index (χ0n) is 36.2. The molecule has 3 aromatic heterocycles. The summed E-state index contributed by atoms with van der Waals surface area (Å²) in [4.78, 5) is 20.8. The van der Waals surface area contributed by atoms with Gasteiger partial charge in [0.1, 0.15) is 0 Å². The molecule has 56 heavy (non-hydrogen) atoms. The van der Waals surface area contributed by atoms with Crippen LogP contribution in [0.3, 0.4) is 0 Å². The maximum atomic E-state index is 5.46. The second kappa shape index (κ2) is 13.9. The fourth-order valence-electron chi connectivity index (χ4n) is 7.56. The molecule has 290 valence electrons. The molecule has 2 N–H and O–H groups in total. The first-order chi connectivity index (χ1) is 26.0. The van der Waals surface area contributed by atoms with Crippen molar-refractivity contribution in [2.24, 2.45) is 0 Å². The summed E-state index contributed by atoms with van der Waals surface area (Å²) in [5.41, 5.74) is 18.7. The fraction of sp³-hybridized carbons (Fsp3) is 0.373. The summed E-state index contributed by atoms with van der Waals surface area (Å²) in [6.07, 6.45) is 8.73. The predicted molar refractivity (Wildman–Crippen MR) is 242 cm³/mol. The number of fused-ring (bicyclic) bond motifs is 8. The molecular formula is C51H61N5.